The summed E-state index contributed by atoms with van der Waals surface area (Å²) in [6.45, 7) is 0. The molecule has 0 radical (unpaired) electrons. The molecular formula is C26H20ClFN4O3. The summed E-state index contributed by atoms with van der Waals surface area (Å²) in [5.41, 5.74) is -0.445. The van der Waals surface area contributed by atoms with Crippen LogP contribution in [0.3, 0.4) is 0 Å². The van der Waals surface area contributed by atoms with Gasteiger partial charge in [0.25, 0.3) is 5.91 Å². The molecule has 9 heteroatoms. The second-order valence-corrected chi connectivity index (χ2v) is 9.35. The number of carbonyl (C=O) groups is 2. The number of aromatic nitrogens is 2. The molecule has 1 unspecified atom stereocenters. The number of rotatable bonds is 5. The molecule has 1 aromatic heterocycles. The normalized spacial score (nSPS) is 20.5. The Bertz CT molecular complexity index is 1520. The number of anilines is 1. The van der Waals surface area contributed by atoms with Gasteiger partial charge >= 0.3 is 0 Å². The van der Waals surface area contributed by atoms with Crippen LogP contribution in [-0.2, 0) is 16.1 Å². The molecule has 4 aromatic rings. The SMILES string of the molecule is O=CNC1(c2nc3ccc(C4(O)c5ccccc5C(=O)N4c4cccc(Cl)c4F)cc3[nH]2)CCC1. The average molecular weight is 491 g/mol. The number of nitrogens with zero attached hydrogens (tertiary/aromatic N) is 2. The van der Waals surface area contributed by atoms with Gasteiger partial charge in [0.15, 0.2) is 11.5 Å². The number of hydrogen-bond acceptors (Lipinski definition) is 4. The van der Waals surface area contributed by atoms with E-state index in [1.165, 1.54) is 18.2 Å². The van der Waals surface area contributed by atoms with Gasteiger partial charge in [0.1, 0.15) is 5.82 Å². The first kappa shape index (κ1) is 21.8. The summed E-state index contributed by atoms with van der Waals surface area (Å²) < 4.78 is 15.1. The lowest BCUT2D eigenvalue weighted by Crippen LogP contribution is -2.48. The summed E-state index contributed by atoms with van der Waals surface area (Å²) in [5, 5.41) is 14.9. The summed E-state index contributed by atoms with van der Waals surface area (Å²) in [4.78, 5) is 33.6. The van der Waals surface area contributed by atoms with Crippen LogP contribution in [0.5, 0.6) is 0 Å². The predicted octanol–water partition coefficient (Wildman–Crippen LogP) is 4.33. The third-order valence-electron chi connectivity index (χ3n) is 7.11. The van der Waals surface area contributed by atoms with Gasteiger partial charge in [-0.05, 0) is 49.6 Å². The maximum absolute atomic E-state index is 15.1. The number of nitrogens with one attached hydrogen (secondary N) is 2. The first-order chi connectivity index (χ1) is 16.9. The van der Waals surface area contributed by atoms with Crippen molar-refractivity contribution >= 4 is 40.6 Å². The molecule has 1 saturated carbocycles. The molecule has 0 saturated heterocycles. The van der Waals surface area contributed by atoms with Gasteiger partial charge in [0, 0.05) is 16.7 Å². The molecule has 6 rings (SSSR count). The van der Waals surface area contributed by atoms with E-state index >= 15 is 4.39 Å². The standard InChI is InChI=1S/C26H20ClFN4O3/c27-18-7-3-8-21(22(18)28)32-23(34)16-5-1-2-6-17(16)26(32,35)15-9-10-19-20(13-15)31-24(30-19)25(29-14-33)11-4-12-25/h1-3,5-10,13-14,35H,4,11-12H2,(H,29,33)(H,30,31). The zero-order chi connectivity index (χ0) is 24.4. The van der Waals surface area contributed by atoms with Crippen LogP contribution >= 0.6 is 11.6 Å². The van der Waals surface area contributed by atoms with E-state index in [0.717, 1.165) is 24.2 Å². The Morgan fingerprint density at radius 1 is 1.14 bits per heavy atom. The molecule has 1 atom stereocenters. The van der Waals surface area contributed by atoms with Crippen LogP contribution in [0.15, 0.2) is 60.7 Å². The lowest BCUT2D eigenvalue weighted by molar-refractivity contribution is -0.112. The molecule has 3 aromatic carbocycles. The third-order valence-corrected chi connectivity index (χ3v) is 7.40. The van der Waals surface area contributed by atoms with Crippen LogP contribution in [0, 0.1) is 5.82 Å². The zero-order valence-electron chi connectivity index (χ0n) is 18.4. The number of imidazole rings is 1. The summed E-state index contributed by atoms with van der Waals surface area (Å²) in [7, 11) is 0. The lowest BCUT2D eigenvalue weighted by Gasteiger charge is -2.39. The second kappa shape index (κ2) is 7.63. The van der Waals surface area contributed by atoms with E-state index in [0.29, 0.717) is 34.4 Å². The third kappa shape index (κ3) is 2.96. The summed E-state index contributed by atoms with van der Waals surface area (Å²) in [6, 6.07) is 16.1. The fourth-order valence-corrected chi connectivity index (χ4v) is 5.31. The molecule has 3 N–H and O–H groups in total. The van der Waals surface area contributed by atoms with Gasteiger partial charge in [-0.25, -0.2) is 9.37 Å². The quantitative estimate of drug-likeness (QED) is 0.362. The Labute approximate surface area is 204 Å². The monoisotopic (exact) mass is 490 g/mol. The topological polar surface area (TPSA) is 98.3 Å². The van der Waals surface area contributed by atoms with Gasteiger partial charge in [-0.15, -0.1) is 0 Å². The van der Waals surface area contributed by atoms with Gasteiger partial charge in [-0.1, -0.05) is 41.9 Å². The molecule has 35 heavy (non-hydrogen) atoms. The predicted molar refractivity (Wildman–Crippen MR) is 128 cm³/mol. The van der Waals surface area contributed by atoms with Gasteiger partial charge in [-0.3, -0.25) is 14.5 Å². The first-order valence-corrected chi connectivity index (χ1v) is 11.6. The van der Waals surface area contributed by atoms with Crippen molar-refractivity contribution in [2.75, 3.05) is 4.90 Å². The van der Waals surface area contributed by atoms with Crippen LogP contribution in [0.25, 0.3) is 11.0 Å². The van der Waals surface area contributed by atoms with E-state index in [-0.39, 0.29) is 16.3 Å². The molecule has 2 heterocycles. The van der Waals surface area contributed by atoms with Crippen LogP contribution < -0.4 is 10.2 Å². The molecule has 7 nitrogen and oxygen atoms in total. The van der Waals surface area contributed by atoms with E-state index in [1.807, 2.05) is 0 Å². The largest absolute Gasteiger partial charge is 0.363 e. The molecule has 2 amide bonds. The van der Waals surface area contributed by atoms with Crippen molar-refractivity contribution in [3.63, 3.8) is 0 Å². The molecular weight excluding hydrogens is 471 g/mol. The highest BCUT2D eigenvalue weighted by Crippen LogP contribution is 2.47. The van der Waals surface area contributed by atoms with Gasteiger partial charge in [0.2, 0.25) is 6.41 Å². The van der Waals surface area contributed by atoms with Crippen LogP contribution in [0.2, 0.25) is 5.02 Å². The van der Waals surface area contributed by atoms with Crippen molar-refractivity contribution in [2.24, 2.45) is 0 Å². The smallest absolute Gasteiger partial charge is 0.261 e. The molecule has 2 aliphatic rings. The van der Waals surface area contributed by atoms with Crippen molar-refractivity contribution in [1.29, 1.82) is 0 Å². The number of benzene rings is 3. The Morgan fingerprint density at radius 3 is 2.69 bits per heavy atom. The van der Waals surface area contributed by atoms with Crippen molar-refractivity contribution < 1.29 is 19.1 Å². The maximum atomic E-state index is 15.1. The van der Waals surface area contributed by atoms with E-state index in [2.05, 4.69) is 15.3 Å². The van der Waals surface area contributed by atoms with Crippen LogP contribution in [0.1, 0.15) is 46.6 Å². The molecule has 1 aliphatic carbocycles. The van der Waals surface area contributed by atoms with Crippen molar-refractivity contribution in [3.05, 3.63) is 94.0 Å². The highest BCUT2D eigenvalue weighted by atomic mass is 35.5. The maximum Gasteiger partial charge on any atom is 0.261 e. The minimum Gasteiger partial charge on any atom is -0.363 e. The number of fused-ring (bicyclic) bond motifs is 2. The van der Waals surface area contributed by atoms with Crippen molar-refractivity contribution in [1.82, 2.24) is 15.3 Å². The van der Waals surface area contributed by atoms with E-state index in [9.17, 15) is 14.7 Å². The molecule has 0 spiro atoms. The molecule has 0 bridgehead atoms. The number of H-pyrrole nitrogens is 1. The summed E-state index contributed by atoms with van der Waals surface area (Å²) >= 11 is 6.02. The molecule has 1 fully saturated rings. The summed E-state index contributed by atoms with van der Waals surface area (Å²) in [6.07, 6.45) is 3.19. The number of aliphatic hydroxyl groups is 1. The Hall–Kier alpha value is -3.75. The van der Waals surface area contributed by atoms with Gasteiger partial charge < -0.3 is 15.4 Å². The first-order valence-electron chi connectivity index (χ1n) is 11.2. The van der Waals surface area contributed by atoms with E-state index in [1.54, 1.807) is 42.5 Å². The fraction of sp³-hybridized carbons (Fsp3) is 0.192. The Morgan fingerprint density at radius 2 is 1.94 bits per heavy atom. The Balaban J connectivity index is 1.54. The van der Waals surface area contributed by atoms with E-state index in [4.69, 9.17) is 11.6 Å². The summed E-state index contributed by atoms with van der Waals surface area (Å²) in [5.74, 6) is -0.709. The number of aromatic amines is 1. The average Bonchev–Trinajstić information content (AvgIpc) is 3.36. The Kier molecular flexibility index (Phi) is 4.74. The minimum atomic E-state index is -1.99. The molecule has 176 valence electrons. The van der Waals surface area contributed by atoms with Crippen molar-refractivity contribution in [2.45, 2.75) is 30.5 Å². The zero-order valence-corrected chi connectivity index (χ0v) is 19.1. The van der Waals surface area contributed by atoms with Crippen LogP contribution in [0.4, 0.5) is 10.1 Å². The number of hydrogen-bond donors (Lipinski definition) is 3. The number of amides is 2. The molecule has 1 aliphatic heterocycles. The minimum absolute atomic E-state index is 0.129. The number of halogens is 2. The van der Waals surface area contributed by atoms with Gasteiger partial charge in [0.05, 0.1) is 27.3 Å². The van der Waals surface area contributed by atoms with Crippen LogP contribution in [-0.4, -0.2) is 27.4 Å². The van der Waals surface area contributed by atoms with Gasteiger partial charge in [-0.2, -0.15) is 0 Å². The number of carbonyl (C=O) groups excluding carboxylic acids is 2. The second-order valence-electron chi connectivity index (χ2n) is 8.95. The highest BCUT2D eigenvalue weighted by molar-refractivity contribution is 6.31. The van der Waals surface area contributed by atoms with Crippen molar-refractivity contribution in [3.8, 4) is 0 Å². The highest BCUT2D eigenvalue weighted by Gasteiger charge is 2.51. The fourth-order valence-electron chi connectivity index (χ4n) is 5.14. The van der Waals surface area contributed by atoms with E-state index < -0.39 is 23.0 Å². The lowest BCUT2D eigenvalue weighted by atomic mass is 9.76.